The number of anilines is 1. The minimum atomic E-state index is -0.675. The van der Waals surface area contributed by atoms with Crippen LogP contribution in [0.4, 0.5) is 10.3 Å². The maximum atomic E-state index is 12.7. The van der Waals surface area contributed by atoms with E-state index in [-0.39, 0.29) is 5.95 Å². The molecule has 0 saturated carbocycles. The Morgan fingerprint density at radius 3 is 2.25 bits per heavy atom. The molecule has 5 nitrogen and oxygen atoms in total. The van der Waals surface area contributed by atoms with E-state index in [0.29, 0.717) is 0 Å². The van der Waals surface area contributed by atoms with Crippen LogP contribution in [0.5, 0.6) is 0 Å². The molecule has 0 spiro atoms. The van der Waals surface area contributed by atoms with E-state index in [9.17, 15) is 4.39 Å². The number of ether oxygens (including phenoxy) is 1. The molecule has 0 aliphatic heterocycles. The van der Waals surface area contributed by atoms with Crippen LogP contribution in [0, 0.1) is 0 Å². The van der Waals surface area contributed by atoms with Crippen LogP contribution in [0.3, 0.4) is 0 Å². The van der Waals surface area contributed by atoms with E-state index in [4.69, 9.17) is 16.2 Å². The molecule has 2 aromatic rings. The Labute approximate surface area is 116 Å². The molecule has 0 aliphatic rings. The predicted molar refractivity (Wildman–Crippen MR) is 75.6 cm³/mol. The zero-order valence-electron chi connectivity index (χ0n) is 11.2. The molecule has 4 N–H and O–H groups in total. The smallest absolute Gasteiger partial charge is 0.219 e. The first kappa shape index (κ1) is 14.4. The van der Waals surface area contributed by atoms with Gasteiger partial charge in [0.15, 0.2) is 0 Å². The van der Waals surface area contributed by atoms with Crippen molar-refractivity contribution in [1.82, 2.24) is 9.97 Å². The fraction of sp³-hybridized carbons (Fsp3) is 0.286. The molecular formula is C14H17FN4O. The average molecular weight is 276 g/mol. The van der Waals surface area contributed by atoms with Gasteiger partial charge in [-0.2, -0.15) is 0 Å². The monoisotopic (exact) mass is 276 g/mol. The van der Waals surface area contributed by atoms with E-state index >= 15 is 0 Å². The SMILES string of the molecule is COC(c1ccc(-c2cnc(N)nc2)cc1)C(N)CF. The zero-order chi connectivity index (χ0) is 14.5. The van der Waals surface area contributed by atoms with Crippen LogP contribution in [0.25, 0.3) is 11.1 Å². The van der Waals surface area contributed by atoms with Crippen molar-refractivity contribution < 1.29 is 9.13 Å². The van der Waals surface area contributed by atoms with Gasteiger partial charge in [-0.25, -0.2) is 14.4 Å². The summed E-state index contributed by atoms with van der Waals surface area (Å²) < 4.78 is 17.9. The minimum absolute atomic E-state index is 0.235. The lowest BCUT2D eigenvalue weighted by Gasteiger charge is -2.20. The maximum absolute atomic E-state index is 12.7. The topological polar surface area (TPSA) is 87.0 Å². The highest BCUT2D eigenvalue weighted by Gasteiger charge is 2.19. The highest BCUT2D eigenvalue weighted by atomic mass is 19.1. The first-order chi connectivity index (χ1) is 9.65. The van der Waals surface area contributed by atoms with Crippen LogP contribution in [-0.4, -0.2) is 29.8 Å². The fourth-order valence-electron chi connectivity index (χ4n) is 1.99. The van der Waals surface area contributed by atoms with Gasteiger partial charge in [-0.05, 0) is 11.1 Å². The maximum Gasteiger partial charge on any atom is 0.219 e. The summed E-state index contributed by atoms with van der Waals surface area (Å²) in [6.45, 7) is -0.633. The predicted octanol–water partition coefficient (Wildman–Crippen LogP) is 1.71. The summed E-state index contributed by atoms with van der Waals surface area (Å²) in [4.78, 5) is 7.89. The van der Waals surface area contributed by atoms with Gasteiger partial charge >= 0.3 is 0 Å². The largest absolute Gasteiger partial charge is 0.375 e. The molecule has 20 heavy (non-hydrogen) atoms. The van der Waals surface area contributed by atoms with Crippen LogP contribution in [0.1, 0.15) is 11.7 Å². The lowest BCUT2D eigenvalue weighted by atomic mass is 10.0. The molecule has 0 bridgehead atoms. The van der Waals surface area contributed by atoms with Gasteiger partial charge in [0.1, 0.15) is 6.67 Å². The Morgan fingerprint density at radius 2 is 1.75 bits per heavy atom. The van der Waals surface area contributed by atoms with Gasteiger partial charge in [-0.3, -0.25) is 0 Å². The molecule has 0 amide bonds. The number of alkyl halides is 1. The summed E-state index contributed by atoms with van der Waals surface area (Å²) in [5.41, 5.74) is 13.8. The van der Waals surface area contributed by atoms with Gasteiger partial charge in [-0.15, -0.1) is 0 Å². The summed E-state index contributed by atoms with van der Waals surface area (Å²) in [7, 11) is 1.52. The molecule has 2 unspecified atom stereocenters. The molecule has 1 heterocycles. The van der Waals surface area contributed by atoms with Gasteiger partial charge in [0.2, 0.25) is 5.95 Å². The van der Waals surface area contributed by atoms with Crippen molar-refractivity contribution in [1.29, 1.82) is 0 Å². The van der Waals surface area contributed by atoms with E-state index in [2.05, 4.69) is 9.97 Å². The van der Waals surface area contributed by atoms with E-state index in [1.807, 2.05) is 24.3 Å². The molecule has 6 heteroatoms. The molecule has 0 fully saturated rings. The summed E-state index contributed by atoms with van der Waals surface area (Å²) in [6, 6.07) is 6.82. The average Bonchev–Trinajstić information content (AvgIpc) is 2.49. The number of nitrogens with zero attached hydrogens (tertiary/aromatic N) is 2. The molecular weight excluding hydrogens is 259 g/mol. The molecule has 2 atom stereocenters. The van der Waals surface area contributed by atoms with Gasteiger partial charge in [0, 0.05) is 25.1 Å². The van der Waals surface area contributed by atoms with Crippen molar-refractivity contribution in [2.24, 2.45) is 5.73 Å². The standard InChI is InChI=1S/C14H17FN4O/c1-20-13(12(16)6-15)10-4-2-9(3-5-10)11-7-18-14(17)19-8-11/h2-5,7-8,12-13H,6,16H2,1H3,(H2,17,18,19). The van der Waals surface area contributed by atoms with E-state index in [1.165, 1.54) is 7.11 Å². The van der Waals surface area contributed by atoms with Gasteiger partial charge in [0.05, 0.1) is 12.1 Å². The van der Waals surface area contributed by atoms with Crippen molar-refractivity contribution >= 4 is 5.95 Å². The van der Waals surface area contributed by atoms with E-state index in [1.54, 1.807) is 12.4 Å². The third-order valence-corrected chi connectivity index (χ3v) is 3.07. The van der Waals surface area contributed by atoms with Crippen LogP contribution in [0.15, 0.2) is 36.7 Å². The van der Waals surface area contributed by atoms with Crippen LogP contribution >= 0.6 is 0 Å². The van der Waals surface area contributed by atoms with Crippen LogP contribution in [0.2, 0.25) is 0 Å². The Morgan fingerprint density at radius 1 is 1.15 bits per heavy atom. The summed E-state index contributed by atoms with van der Waals surface area (Å²) in [5, 5.41) is 0. The Bertz CT molecular complexity index is 544. The number of aromatic nitrogens is 2. The first-order valence-corrected chi connectivity index (χ1v) is 6.18. The summed E-state index contributed by atoms with van der Waals surface area (Å²) >= 11 is 0. The lowest BCUT2D eigenvalue weighted by molar-refractivity contribution is 0.0721. The Hall–Kier alpha value is -2.05. The first-order valence-electron chi connectivity index (χ1n) is 6.18. The van der Waals surface area contributed by atoms with Gasteiger partial charge < -0.3 is 16.2 Å². The number of methoxy groups -OCH3 is 1. The Balaban J connectivity index is 2.23. The molecule has 1 aromatic carbocycles. The van der Waals surface area contributed by atoms with Gasteiger partial charge in [0.25, 0.3) is 0 Å². The second kappa shape index (κ2) is 6.40. The molecule has 0 aliphatic carbocycles. The number of benzene rings is 1. The second-order valence-corrected chi connectivity index (χ2v) is 4.43. The number of halogens is 1. The number of hydrogen-bond acceptors (Lipinski definition) is 5. The van der Waals surface area contributed by atoms with E-state index in [0.717, 1.165) is 16.7 Å². The highest BCUT2D eigenvalue weighted by Crippen LogP contribution is 2.24. The Kier molecular flexibility index (Phi) is 4.60. The van der Waals surface area contributed by atoms with Crippen molar-refractivity contribution in [3.63, 3.8) is 0 Å². The zero-order valence-corrected chi connectivity index (χ0v) is 11.2. The number of hydrogen-bond donors (Lipinski definition) is 2. The third kappa shape index (κ3) is 3.09. The minimum Gasteiger partial charge on any atom is -0.375 e. The third-order valence-electron chi connectivity index (χ3n) is 3.07. The summed E-state index contributed by atoms with van der Waals surface area (Å²) in [6.07, 6.45) is 2.84. The quantitative estimate of drug-likeness (QED) is 0.868. The molecule has 0 saturated heterocycles. The number of nitrogens with two attached hydrogens (primary N) is 2. The van der Waals surface area contributed by atoms with Crippen molar-refractivity contribution in [2.75, 3.05) is 19.5 Å². The van der Waals surface area contributed by atoms with Crippen molar-refractivity contribution in [3.05, 3.63) is 42.2 Å². The van der Waals surface area contributed by atoms with Gasteiger partial charge in [-0.1, -0.05) is 24.3 Å². The molecule has 106 valence electrons. The molecule has 1 aromatic heterocycles. The molecule has 2 rings (SSSR count). The van der Waals surface area contributed by atoms with E-state index < -0.39 is 18.8 Å². The highest BCUT2D eigenvalue weighted by molar-refractivity contribution is 5.62. The lowest BCUT2D eigenvalue weighted by Crippen LogP contribution is -2.31. The van der Waals surface area contributed by atoms with Crippen molar-refractivity contribution in [2.45, 2.75) is 12.1 Å². The molecule has 0 radical (unpaired) electrons. The van der Waals surface area contributed by atoms with Crippen molar-refractivity contribution in [3.8, 4) is 11.1 Å². The van der Waals surface area contributed by atoms with Crippen LogP contribution < -0.4 is 11.5 Å². The number of nitrogen functional groups attached to an aromatic ring is 1. The normalized spacial score (nSPS) is 13.9. The van der Waals surface area contributed by atoms with Crippen LogP contribution in [-0.2, 0) is 4.74 Å². The second-order valence-electron chi connectivity index (χ2n) is 4.43. The fourth-order valence-corrected chi connectivity index (χ4v) is 1.99. The summed E-state index contributed by atoms with van der Waals surface area (Å²) in [5.74, 6) is 0.235. The number of rotatable bonds is 5.